The van der Waals surface area contributed by atoms with E-state index in [2.05, 4.69) is 34.1 Å². The number of rotatable bonds is 7. The third kappa shape index (κ3) is 3.46. The van der Waals surface area contributed by atoms with Crippen molar-refractivity contribution >= 4 is 16.6 Å². The third-order valence-electron chi connectivity index (χ3n) is 3.36. The largest absolute Gasteiger partial charge is 0.383 e. The molecule has 1 aromatic heterocycles. The topological polar surface area (TPSA) is 51.4 Å². The highest BCUT2D eigenvalue weighted by atomic mass is 16.5. The quantitative estimate of drug-likeness (QED) is 0.841. The van der Waals surface area contributed by atoms with Crippen LogP contribution in [-0.2, 0) is 4.74 Å². The number of nitrogens with two attached hydrogens (primary N) is 1. The van der Waals surface area contributed by atoms with Gasteiger partial charge in [0.05, 0.1) is 12.1 Å². The van der Waals surface area contributed by atoms with Crippen LogP contribution in [0.15, 0.2) is 30.3 Å². The SMILES string of the molecule is COCCN(CCCN)c1cc(C)nc2ccccc12. The second-order valence-electron chi connectivity index (χ2n) is 4.92. The van der Waals surface area contributed by atoms with E-state index in [9.17, 15) is 0 Å². The van der Waals surface area contributed by atoms with Crippen molar-refractivity contribution < 1.29 is 4.74 Å². The molecule has 0 saturated carbocycles. The fraction of sp³-hybridized carbons (Fsp3) is 0.438. The zero-order valence-electron chi connectivity index (χ0n) is 12.3. The van der Waals surface area contributed by atoms with Crippen LogP contribution in [0, 0.1) is 6.92 Å². The Morgan fingerprint density at radius 1 is 1.25 bits per heavy atom. The number of hydrogen-bond acceptors (Lipinski definition) is 4. The molecule has 0 fully saturated rings. The Bertz CT molecular complexity index is 548. The van der Waals surface area contributed by atoms with E-state index < -0.39 is 0 Å². The number of pyridine rings is 1. The summed E-state index contributed by atoms with van der Waals surface area (Å²) < 4.78 is 5.23. The number of benzene rings is 1. The average molecular weight is 273 g/mol. The molecule has 4 nitrogen and oxygen atoms in total. The Morgan fingerprint density at radius 2 is 2.05 bits per heavy atom. The average Bonchev–Trinajstić information content (AvgIpc) is 2.46. The molecular weight excluding hydrogens is 250 g/mol. The predicted molar refractivity (Wildman–Crippen MR) is 84.2 cm³/mol. The lowest BCUT2D eigenvalue weighted by Gasteiger charge is -2.26. The molecule has 0 amide bonds. The Morgan fingerprint density at radius 3 is 2.80 bits per heavy atom. The summed E-state index contributed by atoms with van der Waals surface area (Å²) in [5.41, 5.74) is 8.95. The maximum atomic E-state index is 5.66. The van der Waals surface area contributed by atoms with Crippen molar-refractivity contribution in [3.8, 4) is 0 Å². The zero-order chi connectivity index (χ0) is 14.4. The number of hydrogen-bond donors (Lipinski definition) is 1. The number of aromatic nitrogens is 1. The maximum absolute atomic E-state index is 5.66. The third-order valence-corrected chi connectivity index (χ3v) is 3.36. The smallest absolute Gasteiger partial charge is 0.0726 e. The van der Waals surface area contributed by atoms with Crippen molar-refractivity contribution in [3.05, 3.63) is 36.0 Å². The maximum Gasteiger partial charge on any atom is 0.0726 e. The normalized spacial score (nSPS) is 10.9. The molecule has 2 N–H and O–H groups in total. The van der Waals surface area contributed by atoms with Gasteiger partial charge in [0.1, 0.15) is 0 Å². The fourth-order valence-corrected chi connectivity index (χ4v) is 2.38. The molecule has 1 aromatic carbocycles. The van der Waals surface area contributed by atoms with Gasteiger partial charge in [0.15, 0.2) is 0 Å². The van der Waals surface area contributed by atoms with Gasteiger partial charge in [0.2, 0.25) is 0 Å². The number of ether oxygens (including phenoxy) is 1. The van der Waals surface area contributed by atoms with E-state index in [1.165, 1.54) is 11.1 Å². The van der Waals surface area contributed by atoms with Crippen LogP contribution in [-0.4, -0.2) is 38.3 Å². The van der Waals surface area contributed by atoms with Crippen molar-refractivity contribution in [1.82, 2.24) is 4.98 Å². The standard InChI is InChI=1S/C16H23N3O/c1-13-12-16(14-6-3-4-7-15(14)18-13)19(9-5-8-17)10-11-20-2/h3-4,6-7,12H,5,8-11,17H2,1-2H3. The minimum absolute atomic E-state index is 0.700. The predicted octanol–water partition coefficient (Wildman–Crippen LogP) is 2.34. The van der Waals surface area contributed by atoms with Gasteiger partial charge in [-0.05, 0) is 32.0 Å². The van der Waals surface area contributed by atoms with Crippen LogP contribution in [0.25, 0.3) is 10.9 Å². The Balaban J connectivity index is 2.39. The summed E-state index contributed by atoms with van der Waals surface area (Å²) in [6, 6.07) is 10.4. The molecule has 0 aliphatic rings. The lowest BCUT2D eigenvalue weighted by molar-refractivity contribution is 0.205. The second kappa shape index (κ2) is 7.22. The van der Waals surface area contributed by atoms with Crippen LogP contribution in [0.4, 0.5) is 5.69 Å². The van der Waals surface area contributed by atoms with Crippen LogP contribution in [0.2, 0.25) is 0 Å². The van der Waals surface area contributed by atoms with Gasteiger partial charge in [0.25, 0.3) is 0 Å². The molecule has 0 spiro atoms. The van der Waals surface area contributed by atoms with Crippen LogP contribution < -0.4 is 10.6 Å². The molecule has 0 aliphatic carbocycles. The summed E-state index contributed by atoms with van der Waals surface area (Å²) in [6.45, 7) is 5.25. The minimum Gasteiger partial charge on any atom is -0.383 e. The van der Waals surface area contributed by atoms with E-state index in [0.717, 1.165) is 30.7 Å². The summed E-state index contributed by atoms with van der Waals surface area (Å²) in [5.74, 6) is 0. The number of para-hydroxylation sites is 1. The molecule has 0 saturated heterocycles. The van der Waals surface area contributed by atoms with Crippen molar-refractivity contribution in [1.29, 1.82) is 0 Å². The first-order valence-corrected chi connectivity index (χ1v) is 7.06. The van der Waals surface area contributed by atoms with E-state index in [1.54, 1.807) is 7.11 Å². The molecule has 108 valence electrons. The van der Waals surface area contributed by atoms with Gasteiger partial charge in [0, 0.05) is 37.0 Å². The van der Waals surface area contributed by atoms with Gasteiger partial charge in [-0.2, -0.15) is 0 Å². The van der Waals surface area contributed by atoms with Gasteiger partial charge < -0.3 is 15.4 Å². The molecule has 20 heavy (non-hydrogen) atoms. The van der Waals surface area contributed by atoms with Gasteiger partial charge in [-0.3, -0.25) is 4.98 Å². The summed E-state index contributed by atoms with van der Waals surface area (Å²) in [7, 11) is 1.73. The molecule has 0 aliphatic heterocycles. The molecule has 0 radical (unpaired) electrons. The second-order valence-corrected chi connectivity index (χ2v) is 4.92. The van der Waals surface area contributed by atoms with Crippen LogP contribution in [0.3, 0.4) is 0 Å². The van der Waals surface area contributed by atoms with E-state index >= 15 is 0 Å². The number of aryl methyl sites for hydroxylation is 1. The molecule has 2 rings (SSSR count). The first-order chi connectivity index (χ1) is 9.76. The summed E-state index contributed by atoms with van der Waals surface area (Å²) in [6.07, 6.45) is 0.972. The van der Waals surface area contributed by atoms with Crippen molar-refractivity contribution in [2.45, 2.75) is 13.3 Å². The molecule has 0 atom stereocenters. The van der Waals surface area contributed by atoms with Crippen LogP contribution in [0.1, 0.15) is 12.1 Å². The highest BCUT2D eigenvalue weighted by Gasteiger charge is 2.11. The zero-order valence-corrected chi connectivity index (χ0v) is 12.3. The fourth-order valence-electron chi connectivity index (χ4n) is 2.38. The lowest BCUT2D eigenvalue weighted by atomic mass is 10.1. The molecule has 0 bridgehead atoms. The molecular formula is C16H23N3O. The monoisotopic (exact) mass is 273 g/mol. The Hall–Kier alpha value is -1.65. The van der Waals surface area contributed by atoms with Crippen LogP contribution in [0.5, 0.6) is 0 Å². The number of anilines is 1. The summed E-state index contributed by atoms with van der Waals surface area (Å²) in [5, 5.41) is 1.19. The van der Waals surface area contributed by atoms with Crippen molar-refractivity contribution in [3.63, 3.8) is 0 Å². The van der Waals surface area contributed by atoms with Gasteiger partial charge in [-0.1, -0.05) is 18.2 Å². The van der Waals surface area contributed by atoms with E-state index in [1.807, 2.05) is 13.0 Å². The number of fused-ring (bicyclic) bond motifs is 1. The van der Waals surface area contributed by atoms with Crippen LogP contribution >= 0.6 is 0 Å². The van der Waals surface area contributed by atoms with Gasteiger partial charge in [-0.25, -0.2) is 0 Å². The first kappa shape index (κ1) is 14.8. The Labute approximate surface area is 120 Å². The molecule has 0 unspecified atom stereocenters. The highest BCUT2D eigenvalue weighted by molar-refractivity contribution is 5.91. The number of methoxy groups -OCH3 is 1. The van der Waals surface area contributed by atoms with E-state index in [-0.39, 0.29) is 0 Å². The van der Waals surface area contributed by atoms with Gasteiger partial charge >= 0.3 is 0 Å². The van der Waals surface area contributed by atoms with E-state index in [4.69, 9.17) is 10.5 Å². The summed E-state index contributed by atoms with van der Waals surface area (Å²) >= 11 is 0. The molecule has 2 aromatic rings. The van der Waals surface area contributed by atoms with Crippen molar-refractivity contribution in [2.24, 2.45) is 5.73 Å². The van der Waals surface area contributed by atoms with Gasteiger partial charge in [-0.15, -0.1) is 0 Å². The molecule has 1 heterocycles. The highest BCUT2D eigenvalue weighted by Crippen LogP contribution is 2.26. The Kier molecular flexibility index (Phi) is 5.32. The first-order valence-electron chi connectivity index (χ1n) is 7.06. The minimum atomic E-state index is 0.700. The lowest BCUT2D eigenvalue weighted by Crippen LogP contribution is -2.30. The van der Waals surface area contributed by atoms with E-state index in [0.29, 0.717) is 13.2 Å². The molecule has 4 heteroatoms. The van der Waals surface area contributed by atoms with Crippen molar-refractivity contribution in [2.75, 3.05) is 38.3 Å². The summed E-state index contributed by atoms with van der Waals surface area (Å²) in [4.78, 5) is 6.94. The number of nitrogens with zero attached hydrogens (tertiary/aromatic N) is 2.